The van der Waals surface area contributed by atoms with Gasteiger partial charge in [-0.2, -0.15) is 0 Å². The van der Waals surface area contributed by atoms with E-state index in [9.17, 15) is 14.7 Å². The van der Waals surface area contributed by atoms with Gasteiger partial charge in [0.2, 0.25) is 11.8 Å². The number of piperazine rings is 1. The molecule has 1 atom stereocenters. The van der Waals surface area contributed by atoms with Crippen LogP contribution in [0.15, 0.2) is 0 Å². The Balaban J connectivity index is 1.34. The van der Waals surface area contributed by atoms with Crippen LogP contribution < -0.4 is 0 Å². The van der Waals surface area contributed by atoms with Gasteiger partial charge in [-0.3, -0.25) is 19.4 Å². The number of rotatable bonds is 6. The number of amides is 2. The van der Waals surface area contributed by atoms with E-state index in [2.05, 4.69) is 9.80 Å². The van der Waals surface area contributed by atoms with Gasteiger partial charge in [0.15, 0.2) is 0 Å². The second kappa shape index (κ2) is 9.67. The van der Waals surface area contributed by atoms with Gasteiger partial charge in [-0.15, -0.1) is 0 Å². The molecule has 3 rings (SSSR count). The number of hydrogen-bond donors (Lipinski definition) is 1. The normalized spacial score (nSPS) is 24.7. The second-order valence-corrected chi connectivity index (χ2v) is 7.97. The molecule has 0 aliphatic carbocycles. The Morgan fingerprint density at radius 1 is 0.846 bits per heavy atom. The minimum atomic E-state index is -0.484. The zero-order chi connectivity index (χ0) is 18.4. The van der Waals surface area contributed by atoms with Crippen LogP contribution in [0.1, 0.15) is 38.5 Å². The summed E-state index contributed by atoms with van der Waals surface area (Å²) in [5.41, 5.74) is 0. The van der Waals surface area contributed by atoms with Crippen LogP contribution in [0.4, 0.5) is 0 Å². The lowest BCUT2D eigenvalue weighted by atomic mass is 10.2. The average Bonchev–Trinajstić information content (AvgIpc) is 2.87. The predicted octanol–water partition coefficient (Wildman–Crippen LogP) is -0.0101. The molecule has 3 fully saturated rings. The molecule has 0 aromatic heterocycles. The van der Waals surface area contributed by atoms with Crippen LogP contribution in [0.5, 0.6) is 0 Å². The lowest BCUT2D eigenvalue weighted by molar-refractivity contribution is -0.132. The fraction of sp³-hybridized carbons (Fsp3) is 0.895. The van der Waals surface area contributed by atoms with E-state index in [-0.39, 0.29) is 11.8 Å². The quantitative estimate of drug-likeness (QED) is 0.716. The van der Waals surface area contributed by atoms with E-state index in [1.54, 1.807) is 4.90 Å². The van der Waals surface area contributed by atoms with Gasteiger partial charge in [0.1, 0.15) is 0 Å². The molecular formula is C19H34N4O3. The Kier molecular flexibility index (Phi) is 7.28. The Labute approximate surface area is 156 Å². The summed E-state index contributed by atoms with van der Waals surface area (Å²) in [5, 5.41) is 10.3. The highest BCUT2D eigenvalue weighted by Gasteiger charge is 2.26. The maximum absolute atomic E-state index is 12.5. The summed E-state index contributed by atoms with van der Waals surface area (Å²) in [7, 11) is 0. The molecular weight excluding hydrogens is 332 g/mol. The van der Waals surface area contributed by atoms with Gasteiger partial charge in [-0.25, -0.2) is 0 Å². The average molecular weight is 367 g/mol. The van der Waals surface area contributed by atoms with Gasteiger partial charge >= 0.3 is 0 Å². The van der Waals surface area contributed by atoms with Gasteiger partial charge in [0, 0.05) is 65.3 Å². The molecule has 1 N–H and O–H groups in total. The molecule has 26 heavy (non-hydrogen) atoms. The summed E-state index contributed by atoms with van der Waals surface area (Å²) in [6, 6.07) is 0. The summed E-state index contributed by atoms with van der Waals surface area (Å²) in [6.45, 7) is 7.69. The molecule has 0 saturated carbocycles. The molecule has 0 aromatic rings. The van der Waals surface area contributed by atoms with Crippen LogP contribution in [-0.2, 0) is 9.59 Å². The topological polar surface area (TPSA) is 67.3 Å². The van der Waals surface area contributed by atoms with Crippen LogP contribution >= 0.6 is 0 Å². The van der Waals surface area contributed by atoms with Gasteiger partial charge in [-0.05, 0) is 19.3 Å². The summed E-state index contributed by atoms with van der Waals surface area (Å²) in [6.07, 6.45) is 5.81. The molecule has 7 heteroatoms. The highest BCUT2D eigenvalue weighted by Crippen LogP contribution is 2.12. The van der Waals surface area contributed by atoms with Crippen molar-refractivity contribution in [3.05, 3.63) is 0 Å². The van der Waals surface area contributed by atoms with Crippen LogP contribution in [0.25, 0.3) is 0 Å². The zero-order valence-electron chi connectivity index (χ0n) is 15.9. The van der Waals surface area contributed by atoms with Crippen molar-refractivity contribution < 1.29 is 14.7 Å². The van der Waals surface area contributed by atoms with Crippen molar-refractivity contribution in [3.63, 3.8) is 0 Å². The minimum absolute atomic E-state index is 0.167. The van der Waals surface area contributed by atoms with E-state index in [0.29, 0.717) is 26.1 Å². The van der Waals surface area contributed by atoms with Crippen molar-refractivity contribution in [2.24, 2.45) is 0 Å². The first kappa shape index (κ1) is 19.6. The number of aliphatic hydroxyl groups excluding tert-OH is 1. The van der Waals surface area contributed by atoms with Crippen molar-refractivity contribution in [1.29, 1.82) is 0 Å². The van der Waals surface area contributed by atoms with Crippen molar-refractivity contribution in [3.8, 4) is 0 Å². The molecule has 3 aliphatic rings. The third-order valence-electron chi connectivity index (χ3n) is 5.85. The standard InChI is InChI=1S/C19H34N4O3/c24-17(15-23-9-5-6-18(23)25)14-20-10-12-21(13-11-20)16-19(26)22-7-3-1-2-4-8-22/h17,24H,1-16H2. The number of β-amino-alcohol motifs (C(OH)–C–C–N with tert-alkyl or cyclic N) is 1. The van der Waals surface area contributed by atoms with Gasteiger partial charge in [0.05, 0.1) is 12.6 Å². The molecule has 7 nitrogen and oxygen atoms in total. The molecule has 0 bridgehead atoms. The number of aliphatic hydroxyl groups is 1. The Bertz CT molecular complexity index is 471. The van der Waals surface area contributed by atoms with Crippen molar-refractivity contribution >= 4 is 11.8 Å². The zero-order valence-corrected chi connectivity index (χ0v) is 15.9. The monoisotopic (exact) mass is 366 g/mol. The fourth-order valence-corrected chi connectivity index (χ4v) is 4.25. The van der Waals surface area contributed by atoms with Crippen LogP contribution in [0.2, 0.25) is 0 Å². The summed E-state index contributed by atoms with van der Waals surface area (Å²) >= 11 is 0. The molecule has 0 radical (unpaired) electrons. The molecule has 2 amide bonds. The van der Waals surface area contributed by atoms with Crippen molar-refractivity contribution in [2.45, 2.75) is 44.6 Å². The predicted molar refractivity (Wildman–Crippen MR) is 99.7 cm³/mol. The maximum atomic E-state index is 12.5. The molecule has 148 valence electrons. The Morgan fingerprint density at radius 2 is 1.50 bits per heavy atom. The summed E-state index contributed by atoms with van der Waals surface area (Å²) in [4.78, 5) is 32.5. The first-order chi connectivity index (χ1) is 12.6. The highest BCUT2D eigenvalue weighted by molar-refractivity contribution is 5.78. The molecule has 3 saturated heterocycles. The first-order valence-corrected chi connectivity index (χ1v) is 10.3. The molecule has 0 spiro atoms. The molecule has 3 heterocycles. The molecule has 0 aromatic carbocycles. The first-order valence-electron chi connectivity index (χ1n) is 10.3. The molecule has 3 aliphatic heterocycles. The Hall–Kier alpha value is -1.18. The minimum Gasteiger partial charge on any atom is -0.390 e. The second-order valence-electron chi connectivity index (χ2n) is 7.97. The van der Waals surface area contributed by atoms with Crippen LogP contribution in [-0.4, -0.2) is 108 Å². The third kappa shape index (κ3) is 5.66. The van der Waals surface area contributed by atoms with Crippen LogP contribution in [0.3, 0.4) is 0 Å². The van der Waals surface area contributed by atoms with Crippen LogP contribution in [0, 0.1) is 0 Å². The van der Waals surface area contributed by atoms with Crippen molar-refractivity contribution in [1.82, 2.24) is 19.6 Å². The SMILES string of the molecule is O=C(CN1CCN(CC(O)CN2CCCC2=O)CC1)N1CCCCCC1. The van der Waals surface area contributed by atoms with E-state index in [1.807, 2.05) is 4.90 Å². The van der Waals surface area contributed by atoms with E-state index in [1.165, 1.54) is 12.8 Å². The highest BCUT2D eigenvalue weighted by atomic mass is 16.3. The molecule has 1 unspecified atom stereocenters. The number of carbonyl (C=O) groups excluding carboxylic acids is 2. The van der Waals surface area contributed by atoms with E-state index >= 15 is 0 Å². The lowest BCUT2D eigenvalue weighted by Crippen LogP contribution is -2.52. The fourth-order valence-electron chi connectivity index (χ4n) is 4.25. The lowest BCUT2D eigenvalue weighted by Gasteiger charge is -2.36. The van der Waals surface area contributed by atoms with Gasteiger partial charge in [0.25, 0.3) is 0 Å². The summed E-state index contributed by atoms with van der Waals surface area (Å²) < 4.78 is 0. The number of hydrogen-bond acceptors (Lipinski definition) is 5. The van der Waals surface area contributed by atoms with Crippen molar-refractivity contribution in [2.75, 3.05) is 65.4 Å². The van der Waals surface area contributed by atoms with Gasteiger partial charge < -0.3 is 14.9 Å². The number of nitrogens with zero attached hydrogens (tertiary/aromatic N) is 4. The Morgan fingerprint density at radius 3 is 2.12 bits per heavy atom. The van der Waals surface area contributed by atoms with E-state index in [4.69, 9.17) is 0 Å². The summed E-state index contributed by atoms with van der Waals surface area (Å²) in [5.74, 6) is 0.439. The third-order valence-corrected chi connectivity index (χ3v) is 5.85. The van der Waals surface area contributed by atoms with E-state index in [0.717, 1.165) is 65.1 Å². The maximum Gasteiger partial charge on any atom is 0.236 e. The number of likely N-dealkylation sites (tertiary alicyclic amines) is 2. The largest absolute Gasteiger partial charge is 0.390 e. The van der Waals surface area contributed by atoms with Gasteiger partial charge in [-0.1, -0.05) is 12.8 Å². The number of carbonyl (C=O) groups is 2. The van der Waals surface area contributed by atoms with E-state index < -0.39 is 6.10 Å². The smallest absolute Gasteiger partial charge is 0.236 e.